The van der Waals surface area contributed by atoms with Crippen LogP contribution in [0.3, 0.4) is 0 Å². The molecule has 1 aromatic carbocycles. The fourth-order valence-electron chi connectivity index (χ4n) is 6.18. The average Bonchev–Trinajstić information content (AvgIpc) is 3.81. The third-order valence-corrected chi connectivity index (χ3v) is 12.2. The molecule has 2 aliphatic heterocycles. The zero-order valence-electron chi connectivity index (χ0n) is 32.9. The van der Waals surface area contributed by atoms with Gasteiger partial charge >= 0.3 is 6.03 Å². The summed E-state index contributed by atoms with van der Waals surface area (Å²) in [6.45, 7) is 2.68. The van der Waals surface area contributed by atoms with Crippen molar-refractivity contribution in [1.29, 1.82) is 0 Å². The van der Waals surface area contributed by atoms with Crippen LogP contribution in [0.5, 0.6) is 11.8 Å². The highest BCUT2D eigenvalue weighted by Crippen LogP contribution is 2.33. The first-order valence-corrected chi connectivity index (χ1v) is 22.2. The Morgan fingerprint density at radius 2 is 1.68 bits per heavy atom. The first kappa shape index (κ1) is 46.1. The molecule has 3 aromatic rings. The number of ketones is 3. The van der Waals surface area contributed by atoms with E-state index in [0.29, 0.717) is 13.0 Å². The van der Waals surface area contributed by atoms with Gasteiger partial charge in [0, 0.05) is 43.9 Å². The smallest absolute Gasteiger partial charge is 0.335 e. The Hall–Kier alpha value is -4.94. The van der Waals surface area contributed by atoms with E-state index in [9.17, 15) is 36.0 Å². The van der Waals surface area contributed by atoms with Gasteiger partial charge in [-0.3, -0.25) is 24.4 Å². The number of aryl methyl sites for hydroxylation is 1. The number of amides is 2. The van der Waals surface area contributed by atoms with Gasteiger partial charge in [-0.1, -0.05) is 23.2 Å². The summed E-state index contributed by atoms with van der Waals surface area (Å²) in [5.74, 6) is -3.17. The first-order chi connectivity index (χ1) is 28.3. The van der Waals surface area contributed by atoms with E-state index in [1.165, 1.54) is 39.5 Å². The Labute approximate surface area is 354 Å². The number of anilines is 1. The minimum Gasteiger partial charge on any atom is -0.481 e. The van der Waals surface area contributed by atoms with Crippen LogP contribution in [-0.2, 0) is 62.2 Å². The number of nitrogens with zero attached hydrogens (tertiary/aromatic N) is 5. The lowest BCUT2D eigenvalue weighted by molar-refractivity contribution is -0.133. The van der Waals surface area contributed by atoms with Gasteiger partial charge in [-0.05, 0) is 43.5 Å². The summed E-state index contributed by atoms with van der Waals surface area (Å²) in [7, 11) is -4.11. The van der Waals surface area contributed by atoms with Crippen LogP contribution in [0.25, 0.3) is 0 Å². The number of hydrogen-bond donors (Lipinski definition) is 2. The molecule has 0 bridgehead atoms. The zero-order valence-corrected chi connectivity index (χ0v) is 36.0. The van der Waals surface area contributed by atoms with Crippen LogP contribution in [-0.4, -0.2) is 118 Å². The maximum absolute atomic E-state index is 12.9. The molecule has 2 aromatic heterocycles. The molecule has 0 spiro atoms. The molecule has 6 rings (SSSR count). The van der Waals surface area contributed by atoms with Crippen molar-refractivity contribution in [2.45, 2.75) is 67.8 Å². The van der Waals surface area contributed by atoms with E-state index >= 15 is 0 Å². The molecule has 2 unspecified atom stereocenters. The number of Topliss-reactive ketones (excluding diaryl/α,β-unsaturated/α-hetero) is 3. The van der Waals surface area contributed by atoms with Gasteiger partial charge in [0.2, 0.25) is 17.7 Å². The van der Waals surface area contributed by atoms with Crippen molar-refractivity contribution < 1.29 is 64.5 Å². The summed E-state index contributed by atoms with van der Waals surface area (Å²) in [5, 5.41) is 8.99. The van der Waals surface area contributed by atoms with Crippen molar-refractivity contribution in [2.24, 2.45) is 18.1 Å². The molecule has 4 heterocycles. The second kappa shape index (κ2) is 19.6. The Morgan fingerprint density at radius 3 is 2.27 bits per heavy atom. The van der Waals surface area contributed by atoms with Gasteiger partial charge in [0.1, 0.15) is 17.6 Å². The normalized spacial score (nSPS) is 18.4. The number of methoxy groups -OCH3 is 2. The highest BCUT2D eigenvalue weighted by atomic mass is 35.5. The fraction of sp³-hybridized carbons (Fsp3) is 0.486. The second-order valence-corrected chi connectivity index (χ2v) is 17.8. The third kappa shape index (κ3) is 11.1. The van der Waals surface area contributed by atoms with Gasteiger partial charge < -0.3 is 28.5 Å². The van der Waals surface area contributed by atoms with Crippen molar-refractivity contribution in [3.63, 3.8) is 0 Å². The van der Waals surface area contributed by atoms with Crippen LogP contribution in [0.4, 0.5) is 10.7 Å². The van der Waals surface area contributed by atoms with Gasteiger partial charge in [0.15, 0.2) is 44.0 Å². The van der Waals surface area contributed by atoms with Gasteiger partial charge in [0.25, 0.3) is 15.9 Å². The van der Waals surface area contributed by atoms with Gasteiger partial charge in [-0.15, -0.1) is 0 Å². The van der Waals surface area contributed by atoms with Gasteiger partial charge in [0.05, 0.1) is 49.5 Å². The van der Waals surface area contributed by atoms with E-state index in [1.807, 2.05) is 4.72 Å². The van der Waals surface area contributed by atoms with Gasteiger partial charge in [-0.25, -0.2) is 17.9 Å². The molecule has 2 amide bonds. The number of aromatic nitrogens is 4. The lowest BCUT2D eigenvalue weighted by Gasteiger charge is -2.20. The molecule has 3 aliphatic rings. The number of rotatable bonds is 13. The van der Waals surface area contributed by atoms with E-state index < -0.39 is 60.3 Å². The first-order valence-electron chi connectivity index (χ1n) is 18.0. The standard InChI is InChI=1S/C20H23ClO7S.C15H18ClN7O7S/c1-29(25,26)17-8-7-13(20(24)18-15(22)5-2-6-16(18)23)19(21)14(17)11-27-10-12-4-3-9-28-12;1-7-6-29-21-12(30-7)10-11(16)20-23(2)13(10)31(25,26)22-15(24)19-14-17-8(27-3)5-9(18-14)28-4/h7-8,12,18H,2-6,9-11H2,1H3;5,7H,6H2,1-4H3,(H2,17,18,19,22,24). The van der Waals surface area contributed by atoms with Crippen molar-refractivity contribution in [2.75, 3.05) is 45.6 Å². The number of carbonyl (C=O) groups excluding carboxylic acids is 4. The van der Waals surface area contributed by atoms with Crippen molar-refractivity contribution in [3.8, 4) is 11.8 Å². The third-order valence-electron chi connectivity index (χ3n) is 8.93. The monoisotopic (exact) mass is 917 g/mol. The molecule has 2 fully saturated rings. The molecular weight excluding hydrogens is 877 g/mol. The van der Waals surface area contributed by atoms with E-state index in [4.69, 9.17) is 51.7 Å². The molecule has 326 valence electrons. The number of halogens is 2. The van der Waals surface area contributed by atoms with Crippen LogP contribution in [0.2, 0.25) is 10.2 Å². The number of sulfone groups is 1. The highest BCUT2D eigenvalue weighted by molar-refractivity contribution is 7.90. The molecule has 21 nitrogen and oxygen atoms in total. The summed E-state index contributed by atoms with van der Waals surface area (Å²) in [4.78, 5) is 62.3. The number of hydrogen-bond acceptors (Lipinski definition) is 18. The predicted molar refractivity (Wildman–Crippen MR) is 211 cm³/mol. The van der Waals surface area contributed by atoms with E-state index in [2.05, 4.69) is 25.5 Å². The molecular formula is C35H41Cl2N7O14S2. The molecule has 0 radical (unpaired) electrons. The number of sulfonamides is 1. The quantitative estimate of drug-likeness (QED) is 0.184. The predicted octanol–water partition coefficient (Wildman–Crippen LogP) is 3.05. The summed E-state index contributed by atoms with van der Waals surface area (Å²) in [6, 6.07) is 2.75. The minimum absolute atomic E-state index is 0.0385. The lowest BCUT2D eigenvalue weighted by atomic mass is 9.81. The second-order valence-electron chi connectivity index (χ2n) is 13.5. The Bertz CT molecular complexity index is 2370. The lowest BCUT2D eigenvalue weighted by Crippen LogP contribution is -2.37. The Balaban J connectivity index is 0.000000228. The minimum atomic E-state index is -4.50. The average molecular weight is 919 g/mol. The maximum Gasteiger partial charge on any atom is 0.335 e. The number of carbonyl (C=O) groups is 4. The number of urea groups is 1. The summed E-state index contributed by atoms with van der Waals surface area (Å²) >= 11 is 12.5. The number of oxime groups is 1. The number of ether oxygens (including phenoxy) is 5. The SMILES string of the molecule is COc1cc(OC)nc(NC(=O)NS(=O)(=O)c2c(C3=NOCC(C)O3)c(Cl)nn2C)n1.CS(=O)(=O)c1ccc(C(=O)C2C(=O)CCCC2=O)c(Cl)c1COCC1CCCO1. The van der Waals surface area contributed by atoms with Crippen molar-refractivity contribution in [1.82, 2.24) is 24.5 Å². The van der Waals surface area contributed by atoms with Crippen LogP contribution < -0.4 is 19.5 Å². The van der Waals surface area contributed by atoms with Crippen LogP contribution in [0, 0.1) is 5.92 Å². The summed E-state index contributed by atoms with van der Waals surface area (Å²) in [6.07, 6.45) is 3.14. The Kier molecular flexibility index (Phi) is 15.1. The maximum atomic E-state index is 12.9. The zero-order chi connectivity index (χ0) is 43.9. The van der Waals surface area contributed by atoms with E-state index in [0.717, 1.165) is 23.8 Å². The molecule has 1 aliphatic carbocycles. The molecule has 1 saturated carbocycles. The number of benzene rings is 1. The molecule has 60 heavy (non-hydrogen) atoms. The van der Waals surface area contributed by atoms with Crippen LogP contribution >= 0.6 is 23.2 Å². The van der Waals surface area contributed by atoms with Crippen molar-refractivity contribution in [3.05, 3.63) is 45.1 Å². The Morgan fingerprint density at radius 1 is 1.02 bits per heavy atom. The molecule has 2 N–H and O–H groups in total. The largest absolute Gasteiger partial charge is 0.481 e. The van der Waals surface area contributed by atoms with Crippen molar-refractivity contribution >= 4 is 78.3 Å². The molecule has 25 heteroatoms. The summed E-state index contributed by atoms with van der Waals surface area (Å²) in [5.41, 5.74) is -0.0487. The molecule has 1 saturated heterocycles. The topological polar surface area (TPSA) is 272 Å². The van der Waals surface area contributed by atoms with Crippen LogP contribution in [0.1, 0.15) is 60.5 Å². The van der Waals surface area contributed by atoms with E-state index in [-0.39, 0.29) is 94.1 Å². The fourth-order valence-corrected chi connectivity index (χ4v) is 9.05. The van der Waals surface area contributed by atoms with Gasteiger partial charge in [-0.2, -0.15) is 23.5 Å². The number of nitrogens with one attached hydrogen (secondary N) is 2. The summed E-state index contributed by atoms with van der Waals surface area (Å²) < 4.78 is 79.6. The molecule has 2 atom stereocenters. The van der Waals surface area contributed by atoms with Crippen LogP contribution in [0.15, 0.2) is 33.3 Å². The highest BCUT2D eigenvalue weighted by Gasteiger charge is 2.38. The van der Waals surface area contributed by atoms with E-state index in [1.54, 1.807) is 6.92 Å².